The summed E-state index contributed by atoms with van der Waals surface area (Å²) in [6.07, 6.45) is 1.30. The maximum absolute atomic E-state index is 4.89. The molecule has 0 bridgehead atoms. The van der Waals surface area contributed by atoms with Crippen LogP contribution in [0.25, 0.3) is 16.8 Å². The van der Waals surface area contributed by atoms with E-state index in [1.807, 2.05) is 0 Å². The van der Waals surface area contributed by atoms with Gasteiger partial charge in [-0.05, 0) is 44.6 Å². The van der Waals surface area contributed by atoms with Crippen molar-refractivity contribution in [2.75, 3.05) is 18.0 Å². The van der Waals surface area contributed by atoms with Crippen molar-refractivity contribution in [1.29, 1.82) is 0 Å². The van der Waals surface area contributed by atoms with Gasteiger partial charge in [0, 0.05) is 30.4 Å². The van der Waals surface area contributed by atoms with Gasteiger partial charge in [-0.2, -0.15) is 9.61 Å². The lowest BCUT2D eigenvalue weighted by Crippen LogP contribution is -2.39. The van der Waals surface area contributed by atoms with Crippen molar-refractivity contribution in [3.63, 3.8) is 0 Å². The van der Waals surface area contributed by atoms with Gasteiger partial charge in [0.05, 0.1) is 5.69 Å². The molecule has 0 radical (unpaired) electrons. The van der Waals surface area contributed by atoms with Crippen LogP contribution in [0.5, 0.6) is 0 Å². The highest BCUT2D eigenvalue weighted by Gasteiger charge is 2.25. The van der Waals surface area contributed by atoms with Crippen molar-refractivity contribution < 1.29 is 0 Å². The first-order valence-corrected chi connectivity index (χ1v) is 9.61. The Bertz CT molecular complexity index is 929. The summed E-state index contributed by atoms with van der Waals surface area (Å²) in [4.78, 5) is 7.35. The summed E-state index contributed by atoms with van der Waals surface area (Å²) in [7, 11) is 0. The van der Waals surface area contributed by atoms with E-state index in [1.54, 1.807) is 0 Å². The summed E-state index contributed by atoms with van der Waals surface area (Å²) in [5.74, 6) is 2.58. The smallest absolute Gasteiger partial charge is 0.165 e. The van der Waals surface area contributed by atoms with Crippen LogP contribution in [0.2, 0.25) is 0 Å². The lowest BCUT2D eigenvalue weighted by atomic mass is 9.92. The Balaban J connectivity index is 1.88. The summed E-state index contributed by atoms with van der Waals surface area (Å²) in [5, 5.41) is 4.89. The monoisotopic (exact) mass is 348 g/mol. The van der Waals surface area contributed by atoms with Gasteiger partial charge in [0.15, 0.2) is 5.65 Å². The highest BCUT2D eigenvalue weighted by atomic mass is 15.4. The molecule has 1 saturated heterocycles. The number of piperidine rings is 1. The van der Waals surface area contributed by atoms with Gasteiger partial charge < -0.3 is 4.90 Å². The predicted octanol–water partition coefficient (Wildman–Crippen LogP) is 4.80. The van der Waals surface area contributed by atoms with Crippen molar-refractivity contribution >= 4 is 11.5 Å². The van der Waals surface area contributed by atoms with E-state index in [2.05, 4.69) is 74.4 Å². The molecule has 0 aliphatic carbocycles. The summed E-state index contributed by atoms with van der Waals surface area (Å²) >= 11 is 0. The topological polar surface area (TPSA) is 33.4 Å². The van der Waals surface area contributed by atoms with Crippen LogP contribution in [0, 0.1) is 32.6 Å². The number of hydrogen-bond donors (Lipinski definition) is 0. The van der Waals surface area contributed by atoms with Gasteiger partial charge in [0.25, 0.3) is 0 Å². The second-order valence-corrected chi connectivity index (χ2v) is 8.17. The van der Waals surface area contributed by atoms with Crippen LogP contribution >= 0.6 is 0 Å². The van der Waals surface area contributed by atoms with Crippen molar-refractivity contribution in [2.24, 2.45) is 11.8 Å². The lowest BCUT2D eigenvalue weighted by Gasteiger charge is -2.36. The van der Waals surface area contributed by atoms with Crippen molar-refractivity contribution in [3.05, 3.63) is 47.3 Å². The molecule has 2 aromatic heterocycles. The second-order valence-electron chi connectivity index (χ2n) is 8.17. The van der Waals surface area contributed by atoms with Crippen molar-refractivity contribution in [1.82, 2.24) is 14.6 Å². The van der Waals surface area contributed by atoms with E-state index in [0.717, 1.165) is 35.7 Å². The number of hydrogen-bond acceptors (Lipinski definition) is 3. The van der Waals surface area contributed by atoms with Gasteiger partial charge in [-0.15, -0.1) is 0 Å². The number of aromatic nitrogens is 3. The van der Waals surface area contributed by atoms with E-state index in [-0.39, 0.29) is 0 Å². The fraction of sp³-hybridized carbons (Fsp3) is 0.455. The van der Waals surface area contributed by atoms with Gasteiger partial charge in [-0.1, -0.05) is 43.7 Å². The quantitative estimate of drug-likeness (QED) is 0.667. The van der Waals surface area contributed by atoms with E-state index in [0.29, 0.717) is 11.8 Å². The number of rotatable bonds is 2. The zero-order valence-electron chi connectivity index (χ0n) is 16.5. The van der Waals surface area contributed by atoms with Crippen LogP contribution in [-0.4, -0.2) is 27.7 Å². The van der Waals surface area contributed by atoms with E-state index >= 15 is 0 Å². The van der Waals surface area contributed by atoms with E-state index in [9.17, 15) is 0 Å². The predicted molar refractivity (Wildman–Crippen MR) is 108 cm³/mol. The largest absolute Gasteiger partial charge is 0.356 e. The van der Waals surface area contributed by atoms with E-state index < -0.39 is 0 Å². The van der Waals surface area contributed by atoms with Gasteiger partial charge >= 0.3 is 0 Å². The number of anilines is 1. The maximum Gasteiger partial charge on any atom is 0.165 e. The Morgan fingerprint density at radius 1 is 0.962 bits per heavy atom. The Labute approximate surface area is 155 Å². The average molecular weight is 348 g/mol. The standard InChI is InChI=1S/C22H28N4/c1-14-6-8-19(9-7-14)21-18(5)24-26-20(11-17(4)23-22(21)26)25-12-15(2)10-16(3)13-25/h6-9,11,15-16H,10,12-13H2,1-5H3/t15-,16+. The number of nitrogens with zero attached hydrogens (tertiary/aromatic N) is 4. The second kappa shape index (κ2) is 6.42. The van der Waals surface area contributed by atoms with Crippen LogP contribution < -0.4 is 4.90 Å². The van der Waals surface area contributed by atoms with Crippen LogP contribution in [0.4, 0.5) is 5.82 Å². The Hall–Kier alpha value is -2.36. The summed E-state index contributed by atoms with van der Waals surface area (Å²) in [6, 6.07) is 10.8. The average Bonchev–Trinajstić information content (AvgIpc) is 2.90. The molecule has 4 rings (SSSR count). The third-order valence-electron chi connectivity index (χ3n) is 5.41. The van der Waals surface area contributed by atoms with Crippen LogP contribution in [0.3, 0.4) is 0 Å². The third-order valence-corrected chi connectivity index (χ3v) is 5.41. The van der Waals surface area contributed by atoms with Gasteiger partial charge in [0.1, 0.15) is 5.82 Å². The first-order valence-electron chi connectivity index (χ1n) is 9.61. The molecule has 4 heteroatoms. The molecule has 1 fully saturated rings. The Morgan fingerprint density at radius 2 is 1.62 bits per heavy atom. The summed E-state index contributed by atoms with van der Waals surface area (Å²) in [6.45, 7) is 13.2. The highest BCUT2D eigenvalue weighted by molar-refractivity contribution is 5.81. The van der Waals surface area contributed by atoms with Crippen LogP contribution in [-0.2, 0) is 0 Å². The molecule has 0 unspecified atom stereocenters. The molecular weight excluding hydrogens is 320 g/mol. The fourth-order valence-corrected chi connectivity index (χ4v) is 4.36. The molecule has 1 aliphatic rings. The van der Waals surface area contributed by atoms with Crippen molar-refractivity contribution in [3.8, 4) is 11.1 Å². The zero-order chi connectivity index (χ0) is 18.4. The molecule has 136 valence electrons. The molecule has 1 aromatic carbocycles. The zero-order valence-corrected chi connectivity index (χ0v) is 16.5. The minimum absolute atomic E-state index is 0.704. The Kier molecular flexibility index (Phi) is 4.22. The minimum atomic E-state index is 0.704. The molecule has 26 heavy (non-hydrogen) atoms. The molecule has 3 heterocycles. The molecular formula is C22H28N4. The van der Waals surface area contributed by atoms with E-state index in [1.165, 1.54) is 23.4 Å². The number of benzene rings is 1. The Morgan fingerprint density at radius 3 is 2.27 bits per heavy atom. The molecule has 2 atom stereocenters. The molecule has 0 amide bonds. The third kappa shape index (κ3) is 2.98. The molecule has 1 aliphatic heterocycles. The first kappa shape index (κ1) is 17.1. The molecule has 0 spiro atoms. The van der Waals surface area contributed by atoms with Gasteiger partial charge in [0.2, 0.25) is 0 Å². The number of aryl methyl sites for hydroxylation is 3. The highest BCUT2D eigenvalue weighted by Crippen LogP contribution is 2.32. The fourth-order valence-electron chi connectivity index (χ4n) is 4.36. The molecule has 4 nitrogen and oxygen atoms in total. The summed E-state index contributed by atoms with van der Waals surface area (Å²) < 4.78 is 2.06. The maximum atomic E-state index is 4.89. The lowest BCUT2D eigenvalue weighted by molar-refractivity contribution is 0.354. The first-order chi connectivity index (χ1) is 12.4. The van der Waals surface area contributed by atoms with Crippen LogP contribution in [0.15, 0.2) is 30.3 Å². The minimum Gasteiger partial charge on any atom is -0.356 e. The van der Waals surface area contributed by atoms with Crippen LogP contribution in [0.1, 0.15) is 37.2 Å². The molecule has 3 aromatic rings. The SMILES string of the molecule is Cc1ccc(-c2c(C)nn3c(N4C[C@H](C)C[C@H](C)C4)cc(C)nc23)cc1. The molecule has 0 saturated carbocycles. The van der Waals surface area contributed by atoms with Crippen molar-refractivity contribution in [2.45, 2.75) is 41.0 Å². The molecule has 0 N–H and O–H groups in total. The normalized spacial score (nSPS) is 20.7. The van der Waals surface area contributed by atoms with Gasteiger partial charge in [-0.25, -0.2) is 4.98 Å². The summed E-state index contributed by atoms with van der Waals surface area (Å²) in [5.41, 5.74) is 6.65. The number of fused-ring (bicyclic) bond motifs is 1. The van der Waals surface area contributed by atoms with Gasteiger partial charge in [-0.3, -0.25) is 0 Å². The van der Waals surface area contributed by atoms with E-state index in [4.69, 9.17) is 10.1 Å².